The molecule has 0 bridgehead atoms. The van der Waals surface area contributed by atoms with E-state index >= 15 is 0 Å². The molecule has 13 heteroatoms. The molecule has 0 saturated carbocycles. The van der Waals surface area contributed by atoms with Gasteiger partial charge in [-0.15, -0.1) is 11.6 Å². The third-order valence-electron chi connectivity index (χ3n) is 6.75. The summed E-state index contributed by atoms with van der Waals surface area (Å²) in [5.41, 5.74) is 9.68. The van der Waals surface area contributed by atoms with Crippen molar-refractivity contribution in [2.75, 3.05) is 24.8 Å². The molecule has 0 saturated heterocycles. The summed E-state index contributed by atoms with van der Waals surface area (Å²) in [6.45, 7) is 0.911. The van der Waals surface area contributed by atoms with Gasteiger partial charge in [0.1, 0.15) is 24.8 Å². The summed E-state index contributed by atoms with van der Waals surface area (Å²) in [4.78, 5) is 30.0. The maximum absolute atomic E-state index is 14.0. The van der Waals surface area contributed by atoms with E-state index in [1.165, 1.54) is 35.3 Å². The van der Waals surface area contributed by atoms with Gasteiger partial charge in [0, 0.05) is 23.6 Å². The zero-order valence-corrected chi connectivity index (χ0v) is 24.1. The number of nitrogens with two attached hydrogens (primary N) is 1. The van der Waals surface area contributed by atoms with Crippen LogP contribution in [0.2, 0.25) is 0 Å². The number of alkyl halides is 3. The van der Waals surface area contributed by atoms with Gasteiger partial charge in [0.25, 0.3) is 6.43 Å². The molecule has 228 valence electrons. The van der Waals surface area contributed by atoms with Gasteiger partial charge >= 0.3 is 5.97 Å². The number of nitrogen functional groups attached to an aromatic ring is 1. The molecule has 2 heterocycles. The van der Waals surface area contributed by atoms with Crippen LogP contribution in [0, 0.1) is 12.7 Å². The van der Waals surface area contributed by atoms with Crippen molar-refractivity contribution in [1.29, 1.82) is 0 Å². The molecule has 2 aromatic carbocycles. The number of Topliss-reactive ketones (excluding diaryl/α,β-unsaturated/α-hetero) is 1. The normalized spacial score (nSPS) is 12.2. The van der Waals surface area contributed by atoms with Gasteiger partial charge < -0.3 is 19.9 Å². The highest BCUT2D eigenvalue weighted by atomic mass is 35.5. The quantitative estimate of drug-likeness (QED) is 0.118. The molecule has 0 spiro atoms. The lowest BCUT2D eigenvalue weighted by atomic mass is 10.0. The van der Waals surface area contributed by atoms with E-state index < -0.39 is 24.8 Å². The molecule has 0 unspecified atom stereocenters. The minimum atomic E-state index is -2.72. The van der Waals surface area contributed by atoms with Crippen LogP contribution in [0.4, 0.5) is 19.0 Å². The summed E-state index contributed by atoms with van der Waals surface area (Å²) in [5.74, 6) is -1.04. The molecular formula is C31H26ClF3N4O5. The molecule has 9 nitrogen and oxygen atoms in total. The first kappa shape index (κ1) is 30.6. The van der Waals surface area contributed by atoms with Gasteiger partial charge in [0.05, 0.1) is 35.9 Å². The SMILES string of the molecule is Cc1cc(Oc2ccccc2F)ncc1-n1ncc(C(=O)C2=Cc3cc(OCC(F)F)c(CC(=O)OCCCl)cc3C2)c1N. The van der Waals surface area contributed by atoms with Gasteiger partial charge in [-0.1, -0.05) is 18.2 Å². The number of aryl methyl sites for hydroxylation is 1. The van der Waals surface area contributed by atoms with Crippen LogP contribution in [0.3, 0.4) is 0 Å². The van der Waals surface area contributed by atoms with Crippen molar-refractivity contribution in [2.24, 2.45) is 0 Å². The van der Waals surface area contributed by atoms with E-state index in [0.29, 0.717) is 33.5 Å². The number of fused-ring (bicyclic) bond motifs is 1. The number of hydrogen-bond donors (Lipinski definition) is 1. The van der Waals surface area contributed by atoms with Crippen LogP contribution in [0.5, 0.6) is 17.4 Å². The predicted octanol–water partition coefficient (Wildman–Crippen LogP) is 5.88. The highest BCUT2D eigenvalue weighted by Crippen LogP contribution is 2.35. The molecule has 0 atom stereocenters. The third kappa shape index (κ3) is 6.70. The van der Waals surface area contributed by atoms with E-state index in [1.54, 1.807) is 37.3 Å². The highest BCUT2D eigenvalue weighted by molar-refractivity contribution is 6.18. The lowest BCUT2D eigenvalue weighted by Crippen LogP contribution is -2.13. The number of ether oxygens (including phenoxy) is 3. The maximum Gasteiger partial charge on any atom is 0.310 e. The van der Waals surface area contributed by atoms with Crippen LogP contribution < -0.4 is 15.2 Å². The third-order valence-corrected chi connectivity index (χ3v) is 6.91. The largest absolute Gasteiger partial charge is 0.487 e. The monoisotopic (exact) mass is 626 g/mol. The van der Waals surface area contributed by atoms with Crippen molar-refractivity contribution in [3.63, 3.8) is 0 Å². The molecule has 0 radical (unpaired) electrons. The molecule has 1 aliphatic carbocycles. The number of nitrogens with zero attached hydrogens (tertiary/aromatic N) is 3. The van der Waals surface area contributed by atoms with Crippen LogP contribution in [0.25, 0.3) is 11.8 Å². The van der Waals surface area contributed by atoms with Crippen LogP contribution in [0.15, 0.2) is 60.4 Å². The topological polar surface area (TPSA) is 119 Å². The van der Waals surface area contributed by atoms with E-state index in [1.807, 2.05) is 0 Å². The standard InChI is InChI=1S/C31H26ClF3N4O5/c1-17-8-28(44-25-5-3-2-4-23(25)33)37-15-24(17)39-31(36)22(14-38-39)30(41)21-10-18-9-20(13-29(40)42-7-6-32)26(12-19(18)11-21)43-16-27(34)35/h2-5,8-9,11-12,14-15,27H,6-7,10,13,16,36H2,1H3. The Balaban J connectivity index is 1.36. The number of para-hydroxylation sites is 1. The average Bonchev–Trinajstić information content (AvgIpc) is 3.58. The van der Waals surface area contributed by atoms with Crippen molar-refractivity contribution >= 4 is 35.2 Å². The summed E-state index contributed by atoms with van der Waals surface area (Å²) >= 11 is 5.57. The molecule has 0 fully saturated rings. The number of carbonyl (C=O) groups is 2. The van der Waals surface area contributed by atoms with Gasteiger partial charge in [0.15, 0.2) is 17.3 Å². The Morgan fingerprint density at radius 3 is 2.66 bits per heavy atom. The Morgan fingerprint density at radius 2 is 1.93 bits per heavy atom. The second kappa shape index (κ2) is 13.2. The van der Waals surface area contributed by atoms with Crippen molar-refractivity contribution in [1.82, 2.24) is 14.8 Å². The number of carbonyl (C=O) groups excluding carboxylic acids is 2. The number of esters is 1. The minimum absolute atomic E-state index is 0.00897. The van der Waals surface area contributed by atoms with Crippen molar-refractivity contribution in [3.8, 4) is 23.1 Å². The zero-order chi connectivity index (χ0) is 31.4. The fraction of sp³-hybridized carbons (Fsp3) is 0.226. The van der Waals surface area contributed by atoms with Crippen molar-refractivity contribution < 1.29 is 37.0 Å². The first-order valence-electron chi connectivity index (χ1n) is 13.4. The molecular weight excluding hydrogens is 601 g/mol. The molecule has 0 aliphatic heterocycles. The summed E-state index contributed by atoms with van der Waals surface area (Å²) in [6.07, 6.45) is 1.69. The number of pyridine rings is 1. The lowest BCUT2D eigenvalue weighted by Gasteiger charge is -2.13. The van der Waals surface area contributed by atoms with E-state index in [0.717, 1.165) is 0 Å². The first-order chi connectivity index (χ1) is 21.1. The Labute approximate surface area is 255 Å². The molecule has 5 rings (SSSR count). The second-order valence-corrected chi connectivity index (χ2v) is 10.2. The summed E-state index contributed by atoms with van der Waals surface area (Å²) < 4.78 is 57.0. The Hall–Kier alpha value is -4.84. The fourth-order valence-corrected chi connectivity index (χ4v) is 4.77. The predicted molar refractivity (Wildman–Crippen MR) is 156 cm³/mol. The number of rotatable bonds is 12. The summed E-state index contributed by atoms with van der Waals surface area (Å²) in [7, 11) is 0. The van der Waals surface area contributed by atoms with Crippen LogP contribution in [-0.4, -0.2) is 52.0 Å². The van der Waals surface area contributed by atoms with E-state index in [2.05, 4.69) is 10.1 Å². The van der Waals surface area contributed by atoms with Crippen LogP contribution in [0.1, 0.15) is 32.6 Å². The number of halogens is 4. The molecule has 1 aliphatic rings. The molecule has 4 aromatic rings. The lowest BCUT2D eigenvalue weighted by molar-refractivity contribution is -0.142. The van der Waals surface area contributed by atoms with Crippen LogP contribution >= 0.6 is 11.6 Å². The molecule has 44 heavy (non-hydrogen) atoms. The van der Waals surface area contributed by atoms with Crippen molar-refractivity contribution in [3.05, 3.63) is 94.1 Å². The summed E-state index contributed by atoms with van der Waals surface area (Å²) in [5, 5.41) is 4.29. The number of aromatic nitrogens is 3. The number of hydrogen-bond acceptors (Lipinski definition) is 8. The van der Waals surface area contributed by atoms with Gasteiger partial charge in [-0.05, 0) is 47.9 Å². The van der Waals surface area contributed by atoms with E-state index in [4.69, 9.17) is 31.5 Å². The second-order valence-electron chi connectivity index (χ2n) is 9.82. The van der Waals surface area contributed by atoms with E-state index in [-0.39, 0.29) is 59.9 Å². The average molecular weight is 627 g/mol. The Bertz CT molecular complexity index is 1760. The number of ketones is 1. The highest BCUT2D eigenvalue weighted by Gasteiger charge is 2.26. The van der Waals surface area contributed by atoms with Gasteiger partial charge in [-0.3, -0.25) is 9.59 Å². The molecule has 2 N–H and O–H groups in total. The summed E-state index contributed by atoms with van der Waals surface area (Å²) in [6, 6.07) is 10.7. The smallest absolute Gasteiger partial charge is 0.310 e. The van der Waals surface area contributed by atoms with Crippen molar-refractivity contribution in [2.45, 2.75) is 26.2 Å². The number of benzene rings is 2. The molecule has 0 amide bonds. The number of anilines is 1. The van der Waals surface area contributed by atoms with Gasteiger partial charge in [-0.2, -0.15) is 5.10 Å². The molecule has 2 aromatic heterocycles. The fourth-order valence-electron chi connectivity index (χ4n) is 4.69. The van der Waals surface area contributed by atoms with Gasteiger partial charge in [-0.25, -0.2) is 22.8 Å². The van der Waals surface area contributed by atoms with Gasteiger partial charge in [0.2, 0.25) is 5.88 Å². The Morgan fingerprint density at radius 1 is 1.14 bits per heavy atom. The first-order valence-corrected chi connectivity index (χ1v) is 13.9. The Kier molecular flexibility index (Phi) is 9.19. The number of allylic oxidation sites excluding steroid dienone is 1. The van der Waals surface area contributed by atoms with Crippen LogP contribution in [-0.2, 0) is 22.4 Å². The maximum atomic E-state index is 14.0. The minimum Gasteiger partial charge on any atom is -0.487 e. The van der Waals surface area contributed by atoms with E-state index in [9.17, 15) is 22.8 Å². The zero-order valence-electron chi connectivity index (χ0n) is 23.4.